The van der Waals surface area contributed by atoms with Crippen molar-refractivity contribution in [2.24, 2.45) is 0 Å². The molecule has 0 aliphatic heterocycles. The predicted octanol–water partition coefficient (Wildman–Crippen LogP) is 3.65. The van der Waals surface area contributed by atoms with Crippen LogP contribution in [-0.2, 0) is 11.2 Å². The number of rotatable bonds is 7. The highest BCUT2D eigenvalue weighted by molar-refractivity contribution is 5.94. The molecule has 1 atom stereocenters. The Bertz CT molecular complexity index is 426. The van der Waals surface area contributed by atoms with Gasteiger partial charge in [0.1, 0.15) is 0 Å². The van der Waals surface area contributed by atoms with Crippen LogP contribution in [0.4, 0.5) is 0 Å². The average molecular weight is 293 g/mol. The molecule has 1 aromatic carbocycles. The fourth-order valence-corrected chi connectivity index (χ4v) is 1.89. The zero-order chi connectivity index (χ0) is 16.3. The van der Waals surface area contributed by atoms with E-state index in [0.717, 1.165) is 12.8 Å². The van der Waals surface area contributed by atoms with Crippen molar-refractivity contribution in [2.75, 3.05) is 0 Å². The third-order valence-corrected chi connectivity index (χ3v) is 3.00. The number of aliphatic carboxylic acids is 1. The fraction of sp³-hybridized carbons (Fsp3) is 0.529. The van der Waals surface area contributed by atoms with Crippen molar-refractivity contribution in [1.82, 2.24) is 5.32 Å². The van der Waals surface area contributed by atoms with E-state index < -0.39 is 5.97 Å². The van der Waals surface area contributed by atoms with Gasteiger partial charge in [-0.3, -0.25) is 9.59 Å². The minimum atomic E-state index is -0.898. The second kappa shape index (κ2) is 10.9. The topological polar surface area (TPSA) is 66.4 Å². The summed E-state index contributed by atoms with van der Waals surface area (Å²) in [5, 5.41) is 11.5. The molecule has 1 unspecified atom stereocenters. The summed E-state index contributed by atoms with van der Waals surface area (Å²) in [5.74, 6) is -1.11. The predicted molar refractivity (Wildman–Crippen MR) is 85.6 cm³/mol. The maximum Gasteiger partial charge on any atom is 0.305 e. The van der Waals surface area contributed by atoms with E-state index in [4.69, 9.17) is 5.11 Å². The Morgan fingerprint density at radius 3 is 2.14 bits per heavy atom. The summed E-state index contributed by atoms with van der Waals surface area (Å²) in [7, 11) is 0. The van der Waals surface area contributed by atoms with Crippen LogP contribution in [0, 0.1) is 0 Å². The van der Waals surface area contributed by atoms with Gasteiger partial charge in [-0.05, 0) is 30.5 Å². The number of benzene rings is 1. The molecule has 118 valence electrons. The van der Waals surface area contributed by atoms with E-state index in [-0.39, 0.29) is 18.4 Å². The van der Waals surface area contributed by atoms with Crippen LogP contribution in [0.3, 0.4) is 0 Å². The van der Waals surface area contributed by atoms with Crippen LogP contribution in [0.1, 0.15) is 62.9 Å². The first-order valence-electron chi connectivity index (χ1n) is 7.68. The van der Waals surface area contributed by atoms with E-state index >= 15 is 0 Å². The number of carbonyl (C=O) groups is 2. The first-order chi connectivity index (χ1) is 10.1. The van der Waals surface area contributed by atoms with Gasteiger partial charge >= 0.3 is 5.97 Å². The Kier molecular flexibility index (Phi) is 9.94. The van der Waals surface area contributed by atoms with Crippen LogP contribution in [0.25, 0.3) is 0 Å². The molecule has 2 N–H and O–H groups in total. The summed E-state index contributed by atoms with van der Waals surface area (Å²) >= 11 is 0. The number of nitrogens with one attached hydrogen (secondary N) is 1. The number of hydrogen-bond donors (Lipinski definition) is 2. The third-order valence-electron chi connectivity index (χ3n) is 3.00. The van der Waals surface area contributed by atoms with Crippen molar-refractivity contribution < 1.29 is 14.7 Å². The lowest BCUT2D eigenvalue weighted by atomic mass is 10.1. The Balaban J connectivity index is 0.00000191. The molecule has 0 heterocycles. The molecule has 1 aromatic rings. The zero-order valence-electron chi connectivity index (χ0n) is 13.5. The van der Waals surface area contributed by atoms with Gasteiger partial charge in [0.2, 0.25) is 0 Å². The van der Waals surface area contributed by atoms with Crippen LogP contribution in [0.5, 0.6) is 0 Å². The summed E-state index contributed by atoms with van der Waals surface area (Å²) in [5.41, 5.74) is 1.78. The third kappa shape index (κ3) is 7.49. The minimum Gasteiger partial charge on any atom is -0.481 e. The van der Waals surface area contributed by atoms with Crippen molar-refractivity contribution in [3.63, 3.8) is 0 Å². The molecule has 4 nitrogen and oxygen atoms in total. The van der Waals surface area contributed by atoms with Crippen LogP contribution >= 0.6 is 0 Å². The van der Waals surface area contributed by atoms with Gasteiger partial charge in [0.25, 0.3) is 5.91 Å². The van der Waals surface area contributed by atoms with Gasteiger partial charge in [0.05, 0.1) is 6.42 Å². The summed E-state index contributed by atoms with van der Waals surface area (Å²) < 4.78 is 0. The average Bonchev–Trinajstić information content (AvgIpc) is 2.49. The van der Waals surface area contributed by atoms with Gasteiger partial charge < -0.3 is 10.4 Å². The summed E-state index contributed by atoms with van der Waals surface area (Å²) in [6.07, 6.45) is 2.63. The van der Waals surface area contributed by atoms with Crippen molar-refractivity contribution in [2.45, 2.75) is 59.4 Å². The first kappa shape index (κ1) is 19.2. The molecule has 21 heavy (non-hydrogen) atoms. The SMILES string of the molecule is CC.CCCc1ccc(C(=O)NC(CC)CC(=O)O)cc1. The van der Waals surface area contributed by atoms with Crippen LogP contribution in [-0.4, -0.2) is 23.0 Å². The van der Waals surface area contributed by atoms with Gasteiger partial charge in [0, 0.05) is 11.6 Å². The lowest BCUT2D eigenvalue weighted by Crippen LogP contribution is -2.36. The first-order valence-corrected chi connectivity index (χ1v) is 7.68. The molecule has 1 rings (SSSR count). The molecule has 4 heteroatoms. The highest BCUT2D eigenvalue weighted by Crippen LogP contribution is 2.08. The van der Waals surface area contributed by atoms with E-state index in [2.05, 4.69) is 12.2 Å². The lowest BCUT2D eigenvalue weighted by molar-refractivity contribution is -0.137. The number of hydrogen-bond acceptors (Lipinski definition) is 2. The van der Waals surface area contributed by atoms with Gasteiger partial charge in [0.15, 0.2) is 0 Å². The quantitative estimate of drug-likeness (QED) is 0.806. The Morgan fingerprint density at radius 1 is 1.14 bits per heavy atom. The monoisotopic (exact) mass is 293 g/mol. The van der Waals surface area contributed by atoms with Gasteiger partial charge in [-0.25, -0.2) is 0 Å². The van der Waals surface area contributed by atoms with Crippen molar-refractivity contribution in [1.29, 1.82) is 0 Å². The largest absolute Gasteiger partial charge is 0.481 e. The molecule has 0 aliphatic carbocycles. The number of carboxylic acids is 1. The molecular weight excluding hydrogens is 266 g/mol. The van der Waals surface area contributed by atoms with Crippen molar-refractivity contribution in [3.8, 4) is 0 Å². The van der Waals surface area contributed by atoms with Crippen molar-refractivity contribution in [3.05, 3.63) is 35.4 Å². The van der Waals surface area contributed by atoms with E-state index in [1.807, 2.05) is 32.9 Å². The smallest absolute Gasteiger partial charge is 0.305 e. The fourth-order valence-electron chi connectivity index (χ4n) is 1.89. The highest BCUT2D eigenvalue weighted by atomic mass is 16.4. The molecule has 0 saturated heterocycles. The second-order valence-corrected chi connectivity index (χ2v) is 4.62. The second-order valence-electron chi connectivity index (χ2n) is 4.62. The molecule has 1 amide bonds. The summed E-state index contributed by atoms with van der Waals surface area (Å²) in [6, 6.07) is 7.13. The Labute approximate surface area is 127 Å². The molecule has 0 radical (unpaired) electrons. The molecule has 0 fully saturated rings. The molecular formula is C17H27NO3. The van der Waals surface area contributed by atoms with E-state index in [1.165, 1.54) is 5.56 Å². The number of carboxylic acid groups (broad SMARTS) is 1. The maximum absolute atomic E-state index is 12.0. The molecule has 0 saturated carbocycles. The lowest BCUT2D eigenvalue weighted by Gasteiger charge is -2.14. The number of amides is 1. The van der Waals surface area contributed by atoms with E-state index in [1.54, 1.807) is 12.1 Å². The highest BCUT2D eigenvalue weighted by Gasteiger charge is 2.15. The zero-order valence-corrected chi connectivity index (χ0v) is 13.5. The molecule has 0 aliphatic rings. The maximum atomic E-state index is 12.0. The minimum absolute atomic E-state index is 0.0455. The van der Waals surface area contributed by atoms with Crippen LogP contribution in [0.15, 0.2) is 24.3 Å². The number of carbonyl (C=O) groups excluding carboxylic acids is 1. The van der Waals surface area contributed by atoms with E-state index in [9.17, 15) is 9.59 Å². The Morgan fingerprint density at radius 2 is 1.71 bits per heavy atom. The van der Waals surface area contributed by atoms with Crippen LogP contribution < -0.4 is 5.32 Å². The number of aryl methyl sites for hydroxylation is 1. The van der Waals surface area contributed by atoms with Crippen molar-refractivity contribution >= 4 is 11.9 Å². The normalized spacial score (nSPS) is 11.0. The van der Waals surface area contributed by atoms with Gasteiger partial charge in [-0.1, -0.05) is 46.2 Å². The molecule has 0 bridgehead atoms. The van der Waals surface area contributed by atoms with Crippen LogP contribution in [0.2, 0.25) is 0 Å². The molecule has 0 aromatic heterocycles. The van der Waals surface area contributed by atoms with Gasteiger partial charge in [-0.2, -0.15) is 0 Å². The standard InChI is InChI=1S/C15H21NO3.C2H6/c1-3-5-11-6-8-12(9-7-11)15(19)16-13(4-2)10-14(17)18;1-2/h6-9,13H,3-5,10H2,1-2H3,(H,16,19)(H,17,18);1-2H3. The van der Waals surface area contributed by atoms with Gasteiger partial charge in [-0.15, -0.1) is 0 Å². The molecule has 0 spiro atoms. The van der Waals surface area contributed by atoms with E-state index in [0.29, 0.717) is 12.0 Å². The summed E-state index contributed by atoms with van der Waals surface area (Å²) in [4.78, 5) is 22.6. The Hall–Kier alpha value is -1.84. The summed E-state index contributed by atoms with van der Waals surface area (Å²) in [6.45, 7) is 7.97.